The summed E-state index contributed by atoms with van der Waals surface area (Å²) in [7, 11) is 0. The number of ether oxygens (including phenoxy) is 2. The van der Waals surface area contributed by atoms with Crippen LogP contribution < -0.4 is 5.32 Å². The van der Waals surface area contributed by atoms with Gasteiger partial charge in [-0.1, -0.05) is 12.1 Å². The first-order chi connectivity index (χ1) is 12.0. The topological polar surface area (TPSA) is 90.4 Å². The van der Waals surface area contributed by atoms with E-state index in [1.54, 1.807) is 34.6 Å². The van der Waals surface area contributed by atoms with E-state index in [1.807, 2.05) is 31.2 Å². The van der Waals surface area contributed by atoms with Crippen molar-refractivity contribution < 1.29 is 19.1 Å². The summed E-state index contributed by atoms with van der Waals surface area (Å²) in [5.74, 6) is -0.585. The zero-order valence-corrected chi connectivity index (χ0v) is 16.0. The minimum atomic E-state index is -1.24. The van der Waals surface area contributed by atoms with Crippen molar-refractivity contribution in [2.24, 2.45) is 0 Å². The van der Waals surface area contributed by atoms with Gasteiger partial charge < -0.3 is 14.8 Å². The Balaban J connectivity index is 2.03. The Labute approximate surface area is 153 Å². The van der Waals surface area contributed by atoms with Crippen LogP contribution in [0.1, 0.15) is 46.0 Å². The van der Waals surface area contributed by atoms with Crippen molar-refractivity contribution in [2.45, 2.75) is 59.3 Å². The molecule has 0 aliphatic rings. The number of esters is 1. The van der Waals surface area contributed by atoms with Gasteiger partial charge in [-0.3, -0.25) is 0 Å². The lowest BCUT2D eigenvalue weighted by atomic mass is 10.1. The molecule has 0 radical (unpaired) electrons. The van der Waals surface area contributed by atoms with E-state index in [2.05, 4.69) is 15.3 Å². The molecule has 0 bridgehead atoms. The monoisotopic (exact) mass is 359 g/mol. The lowest BCUT2D eigenvalue weighted by molar-refractivity contribution is -0.151. The second-order valence-corrected chi connectivity index (χ2v) is 7.57. The van der Waals surface area contributed by atoms with Gasteiger partial charge in [-0.2, -0.15) is 0 Å². The number of carbonyl (C=O) groups is 2. The van der Waals surface area contributed by atoms with E-state index in [4.69, 9.17) is 9.47 Å². The molecule has 2 aromatic rings. The number of rotatable bonds is 4. The molecule has 1 amide bonds. The van der Waals surface area contributed by atoms with Gasteiger partial charge in [0.2, 0.25) is 0 Å². The summed E-state index contributed by atoms with van der Waals surface area (Å²) in [5.41, 5.74) is 0.893. The molecule has 0 unspecified atom stereocenters. The minimum absolute atomic E-state index is 0.0259. The van der Waals surface area contributed by atoms with Crippen molar-refractivity contribution in [1.82, 2.24) is 15.3 Å². The van der Waals surface area contributed by atoms with Gasteiger partial charge in [0.25, 0.3) is 0 Å². The fourth-order valence-electron chi connectivity index (χ4n) is 2.19. The van der Waals surface area contributed by atoms with E-state index in [9.17, 15) is 9.59 Å². The number of para-hydroxylation sites is 2. The highest BCUT2D eigenvalue weighted by Crippen LogP contribution is 2.15. The maximum absolute atomic E-state index is 12.4. The molecule has 0 atom stereocenters. The van der Waals surface area contributed by atoms with Crippen molar-refractivity contribution in [1.29, 1.82) is 0 Å². The van der Waals surface area contributed by atoms with Crippen LogP contribution in [-0.2, 0) is 20.9 Å². The number of alkyl carbamates (subject to hydrolysis) is 1. The van der Waals surface area contributed by atoms with Gasteiger partial charge in [-0.05, 0) is 53.7 Å². The number of carbonyl (C=O) groups excluding carboxylic acids is 2. The van der Waals surface area contributed by atoms with E-state index in [0.29, 0.717) is 11.4 Å². The van der Waals surface area contributed by atoms with E-state index in [-0.39, 0.29) is 6.61 Å². The van der Waals surface area contributed by atoms with E-state index < -0.39 is 23.2 Å². The predicted molar refractivity (Wildman–Crippen MR) is 97.5 cm³/mol. The number of benzene rings is 1. The Morgan fingerprint density at radius 2 is 1.62 bits per heavy atom. The van der Waals surface area contributed by atoms with E-state index >= 15 is 0 Å². The van der Waals surface area contributed by atoms with Crippen molar-refractivity contribution in [3.63, 3.8) is 0 Å². The largest absolute Gasteiger partial charge is 0.457 e. The first kappa shape index (κ1) is 19.6. The molecule has 140 valence electrons. The summed E-state index contributed by atoms with van der Waals surface area (Å²) in [6.45, 7) is 10.1. The summed E-state index contributed by atoms with van der Waals surface area (Å²) in [4.78, 5) is 33.2. The lowest BCUT2D eigenvalue weighted by Crippen LogP contribution is -2.51. The van der Waals surface area contributed by atoms with Crippen LogP contribution in [-0.4, -0.2) is 33.2 Å². The summed E-state index contributed by atoms with van der Waals surface area (Å²) < 4.78 is 10.5. The average molecular weight is 359 g/mol. The number of amides is 1. The van der Waals surface area contributed by atoms with Crippen LogP contribution in [0, 0.1) is 6.92 Å². The Hall–Kier alpha value is -2.70. The molecule has 1 N–H and O–H groups in total. The van der Waals surface area contributed by atoms with Gasteiger partial charge in [-0.15, -0.1) is 0 Å². The molecule has 7 heteroatoms. The molecule has 7 nitrogen and oxygen atoms in total. The normalized spacial score (nSPS) is 11.9. The summed E-state index contributed by atoms with van der Waals surface area (Å²) in [5, 5.41) is 2.52. The van der Waals surface area contributed by atoms with Crippen LogP contribution in [0.2, 0.25) is 0 Å². The number of hydrogen-bond acceptors (Lipinski definition) is 6. The molecule has 0 saturated heterocycles. The van der Waals surface area contributed by atoms with Gasteiger partial charge in [0.1, 0.15) is 17.7 Å². The van der Waals surface area contributed by atoms with Crippen molar-refractivity contribution >= 4 is 23.1 Å². The standard InChI is InChI=1S/C19H25N3O4/c1-12-15(21-14-10-8-7-9-13(14)20-12)11-25-16(23)19(5,6)22-17(24)26-18(2,3)4/h7-10H,11H2,1-6H3,(H,22,24). The summed E-state index contributed by atoms with van der Waals surface area (Å²) >= 11 is 0. The molecule has 1 heterocycles. The molecule has 0 fully saturated rings. The number of nitrogens with one attached hydrogen (secondary N) is 1. The number of fused-ring (bicyclic) bond motifs is 1. The van der Waals surface area contributed by atoms with E-state index in [0.717, 1.165) is 11.0 Å². The molecule has 1 aromatic heterocycles. The van der Waals surface area contributed by atoms with Gasteiger partial charge in [0.15, 0.2) is 0 Å². The van der Waals surface area contributed by atoms with Gasteiger partial charge in [0.05, 0.1) is 22.4 Å². The zero-order valence-electron chi connectivity index (χ0n) is 16.0. The summed E-state index contributed by atoms with van der Waals surface area (Å²) in [6, 6.07) is 7.48. The van der Waals surface area contributed by atoms with Crippen LogP contribution in [0.25, 0.3) is 11.0 Å². The Kier molecular flexibility index (Phi) is 5.49. The number of hydrogen-bond donors (Lipinski definition) is 1. The highest BCUT2D eigenvalue weighted by molar-refractivity contribution is 5.85. The smallest absolute Gasteiger partial charge is 0.408 e. The van der Waals surface area contributed by atoms with Crippen LogP contribution in [0.4, 0.5) is 4.79 Å². The van der Waals surface area contributed by atoms with Gasteiger partial charge in [-0.25, -0.2) is 19.6 Å². The first-order valence-electron chi connectivity index (χ1n) is 8.38. The fourth-order valence-corrected chi connectivity index (χ4v) is 2.19. The molecule has 1 aromatic carbocycles. The number of nitrogens with zero attached hydrogens (tertiary/aromatic N) is 2. The molecule has 0 saturated carbocycles. The lowest BCUT2D eigenvalue weighted by Gasteiger charge is -2.27. The Morgan fingerprint density at radius 3 is 2.19 bits per heavy atom. The second-order valence-electron chi connectivity index (χ2n) is 7.57. The highest BCUT2D eigenvalue weighted by atomic mass is 16.6. The van der Waals surface area contributed by atoms with Crippen molar-refractivity contribution in [2.75, 3.05) is 0 Å². The predicted octanol–water partition coefficient (Wildman–Crippen LogP) is 3.28. The maximum atomic E-state index is 12.4. The van der Waals surface area contributed by atoms with Crippen molar-refractivity contribution in [3.8, 4) is 0 Å². The summed E-state index contributed by atoms with van der Waals surface area (Å²) in [6.07, 6.45) is -0.680. The molecule has 26 heavy (non-hydrogen) atoms. The van der Waals surface area contributed by atoms with Crippen LogP contribution in [0.3, 0.4) is 0 Å². The molecule has 0 aliphatic carbocycles. The molecule has 0 spiro atoms. The molecule has 2 rings (SSSR count). The average Bonchev–Trinajstić information content (AvgIpc) is 2.49. The van der Waals surface area contributed by atoms with Crippen LogP contribution in [0.15, 0.2) is 24.3 Å². The van der Waals surface area contributed by atoms with Gasteiger partial charge >= 0.3 is 12.1 Å². The maximum Gasteiger partial charge on any atom is 0.408 e. The first-order valence-corrected chi connectivity index (χ1v) is 8.38. The molecule has 0 aliphatic heterocycles. The van der Waals surface area contributed by atoms with Crippen molar-refractivity contribution in [3.05, 3.63) is 35.7 Å². The highest BCUT2D eigenvalue weighted by Gasteiger charge is 2.33. The zero-order chi connectivity index (χ0) is 19.5. The third-order valence-electron chi connectivity index (χ3n) is 3.51. The molecular weight excluding hydrogens is 334 g/mol. The van der Waals surface area contributed by atoms with Crippen LogP contribution in [0.5, 0.6) is 0 Å². The second kappa shape index (κ2) is 7.27. The van der Waals surface area contributed by atoms with E-state index in [1.165, 1.54) is 0 Å². The fraction of sp³-hybridized carbons (Fsp3) is 0.474. The number of aryl methyl sites for hydroxylation is 1. The number of aromatic nitrogens is 2. The quantitative estimate of drug-likeness (QED) is 0.843. The Morgan fingerprint density at radius 1 is 1.04 bits per heavy atom. The molecular formula is C19H25N3O4. The Bertz CT molecular complexity index is 825. The SMILES string of the molecule is Cc1nc2ccccc2nc1COC(=O)C(C)(C)NC(=O)OC(C)(C)C. The van der Waals surface area contributed by atoms with Gasteiger partial charge in [0, 0.05) is 0 Å². The minimum Gasteiger partial charge on any atom is -0.457 e. The van der Waals surface area contributed by atoms with Crippen LogP contribution >= 0.6 is 0 Å². The third-order valence-corrected chi connectivity index (χ3v) is 3.51. The third kappa shape index (κ3) is 5.15.